The van der Waals surface area contributed by atoms with Gasteiger partial charge in [-0.3, -0.25) is 0 Å². The lowest BCUT2D eigenvalue weighted by Gasteiger charge is -2.04. The number of rotatable bonds is 5. The smallest absolute Gasteiger partial charge is 0.123 e. The van der Waals surface area contributed by atoms with E-state index in [2.05, 4.69) is 65.2 Å². The highest BCUT2D eigenvalue weighted by molar-refractivity contribution is 9.10. The molecule has 1 N–H and O–H groups in total. The maximum atomic E-state index is 4.51. The zero-order chi connectivity index (χ0) is 13.8. The van der Waals surface area contributed by atoms with Crippen LogP contribution in [0, 0.1) is 12.8 Å². The van der Waals surface area contributed by atoms with Crippen LogP contribution in [0.5, 0.6) is 0 Å². The average molecular weight is 339 g/mol. The number of aryl methyl sites for hydroxylation is 1. The van der Waals surface area contributed by atoms with Gasteiger partial charge in [-0.1, -0.05) is 41.9 Å². The summed E-state index contributed by atoms with van der Waals surface area (Å²) in [7, 11) is 0. The number of thiazole rings is 1. The first-order valence-corrected chi connectivity index (χ1v) is 8.09. The monoisotopic (exact) mass is 338 g/mol. The molecule has 0 fully saturated rings. The Morgan fingerprint density at radius 3 is 2.84 bits per heavy atom. The van der Waals surface area contributed by atoms with E-state index < -0.39 is 0 Å². The average Bonchev–Trinajstić information content (AvgIpc) is 2.81. The summed E-state index contributed by atoms with van der Waals surface area (Å²) in [5.74, 6) is 0.681. The van der Waals surface area contributed by atoms with Gasteiger partial charge in [0.2, 0.25) is 0 Å². The van der Waals surface area contributed by atoms with Crippen molar-refractivity contribution in [1.29, 1.82) is 0 Å². The molecule has 0 saturated heterocycles. The van der Waals surface area contributed by atoms with Crippen molar-refractivity contribution in [2.24, 2.45) is 5.92 Å². The Labute approximate surface area is 127 Å². The van der Waals surface area contributed by atoms with Crippen LogP contribution in [0.15, 0.2) is 28.9 Å². The summed E-state index contributed by atoms with van der Waals surface area (Å²) in [6.07, 6.45) is 1.97. The van der Waals surface area contributed by atoms with Crippen molar-refractivity contribution in [2.75, 3.05) is 6.54 Å². The van der Waals surface area contributed by atoms with Gasteiger partial charge in [-0.15, -0.1) is 11.3 Å². The topological polar surface area (TPSA) is 24.9 Å². The summed E-state index contributed by atoms with van der Waals surface area (Å²) in [5.41, 5.74) is 2.43. The third-order valence-electron chi connectivity index (χ3n) is 2.82. The number of nitrogens with zero attached hydrogens (tertiary/aromatic N) is 1. The van der Waals surface area contributed by atoms with E-state index in [1.807, 2.05) is 6.20 Å². The van der Waals surface area contributed by atoms with Crippen molar-refractivity contribution in [3.05, 3.63) is 39.3 Å². The molecule has 102 valence electrons. The highest BCUT2D eigenvalue weighted by Crippen LogP contribution is 2.28. The van der Waals surface area contributed by atoms with E-state index in [0.717, 1.165) is 22.6 Å². The van der Waals surface area contributed by atoms with Crippen LogP contribution in [0.25, 0.3) is 10.6 Å². The molecule has 2 rings (SSSR count). The van der Waals surface area contributed by atoms with Crippen molar-refractivity contribution in [3.63, 3.8) is 0 Å². The lowest BCUT2D eigenvalue weighted by atomic mass is 10.2. The van der Waals surface area contributed by atoms with Crippen molar-refractivity contribution < 1.29 is 0 Å². The molecule has 0 saturated carbocycles. The van der Waals surface area contributed by atoms with E-state index >= 15 is 0 Å². The molecule has 0 spiro atoms. The first-order valence-electron chi connectivity index (χ1n) is 6.48. The maximum absolute atomic E-state index is 4.51. The summed E-state index contributed by atoms with van der Waals surface area (Å²) in [6, 6.07) is 6.39. The van der Waals surface area contributed by atoms with E-state index in [0.29, 0.717) is 5.92 Å². The standard InChI is InChI=1S/C15H19BrN2S/c1-10(2)7-17-8-13-9-18-15(19-13)12-5-4-11(3)14(16)6-12/h4-6,9-10,17H,7-8H2,1-3H3. The molecule has 0 aliphatic carbocycles. The minimum atomic E-state index is 0.681. The zero-order valence-corrected chi connectivity index (χ0v) is 13.9. The molecule has 0 aliphatic heterocycles. The molecule has 0 amide bonds. The van der Waals surface area contributed by atoms with Gasteiger partial charge in [0.15, 0.2) is 0 Å². The van der Waals surface area contributed by atoms with Gasteiger partial charge < -0.3 is 5.32 Å². The second-order valence-corrected chi connectivity index (χ2v) is 7.09. The number of nitrogens with one attached hydrogen (secondary N) is 1. The van der Waals surface area contributed by atoms with E-state index in [1.54, 1.807) is 11.3 Å². The SMILES string of the molecule is Cc1ccc(-c2ncc(CNCC(C)C)s2)cc1Br. The number of hydrogen-bond donors (Lipinski definition) is 1. The van der Waals surface area contributed by atoms with Gasteiger partial charge in [0, 0.05) is 27.7 Å². The Bertz CT molecular complexity index is 549. The Morgan fingerprint density at radius 1 is 1.37 bits per heavy atom. The third kappa shape index (κ3) is 4.13. The first kappa shape index (κ1) is 14.7. The van der Waals surface area contributed by atoms with Gasteiger partial charge in [-0.25, -0.2) is 4.98 Å². The molecule has 0 radical (unpaired) electrons. The largest absolute Gasteiger partial charge is 0.312 e. The highest BCUT2D eigenvalue weighted by atomic mass is 79.9. The number of hydrogen-bond acceptors (Lipinski definition) is 3. The Balaban J connectivity index is 2.05. The zero-order valence-electron chi connectivity index (χ0n) is 11.5. The van der Waals surface area contributed by atoms with Gasteiger partial charge in [0.25, 0.3) is 0 Å². The summed E-state index contributed by atoms with van der Waals surface area (Å²) < 4.78 is 1.14. The van der Waals surface area contributed by atoms with Crippen LogP contribution in [0.1, 0.15) is 24.3 Å². The Hall–Kier alpha value is -0.710. The van der Waals surface area contributed by atoms with Crippen molar-refractivity contribution in [3.8, 4) is 10.6 Å². The van der Waals surface area contributed by atoms with Gasteiger partial charge >= 0.3 is 0 Å². The van der Waals surface area contributed by atoms with Crippen LogP contribution < -0.4 is 5.32 Å². The van der Waals surface area contributed by atoms with E-state index in [1.165, 1.54) is 16.0 Å². The van der Waals surface area contributed by atoms with Crippen LogP contribution >= 0.6 is 27.3 Å². The predicted octanol–water partition coefficient (Wildman–Crippen LogP) is 4.63. The summed E-state index contributed by atoms with van der Waals surface area (Å²) in [6.45, 7) is 8.48. The lowest BCUT2D eigenvalue weighted by molar-refractivity contribution is 0.554. The minimum Gasteiger partial charge on any atom is -0.312 e. The van der Waals surface area contributed by atoms with Crippen molar-refractivity contribution in [2.45, 2.75) is 27.3 Å². The molecular formula is C15H19BrN2S. The van der Waals surface area contributed by atoms with Crippen LogP contribution in [0.3, 0.4) is 0 Å². The van der Waals surface area contributed by atoms with Crippen LogP contribution in [-0.4, -0.2) is 11.5 Å². The van der Waals surface area contributed by atoms with Gasteiger partial charge in [0.05, 0.1) is 0 Å². The number of aromatic nitrogens is 1. The van der Waals surface area contributed by atoms with Crippen LogP contribution in [0.2, 0.25) is 0 Å². The summed E-state index contributed by atoms with van der Waals surface area (Å²) in [4.78, 5) is 5.80. The number of benzene rings is 1. The third-order valence-corrected chi connectivity index (χ3v) is 4.72. The molecule has 19 heavy (non-hydrogen) atoms. The second kappa shape index (κ2) is 6.64. The molecule has 0 aliphatic rings. The molecule has 1 aromatic carbocycles. The van der Waals surface area contributed by atoms with Gasteiger partial charge in [-0.2, -0.15) is 0 Å². The number of halogens is 1. The molecule has 1 aromatic heterocycles. The molecule has 0 bridgehead atoms. The fourth-order valence-corrected chi connectivity index (χ4v) is 2.99. The fourth-order valence-electron chi connectivity index (χ4n) is 1.73. The fraction of sp³-hybridized carbons (Fsp3) is 0.400. The summed E-state index contributed by atoms with van der Waals surface area (Å²) >= 11 is 5.33. The van der Waals surface area contributed by atoms with E-state index in [4.69, 9.17) is 0 Å². The molecule has 0 unspecified atom stereocenters. The molecule has 4 heteroatoms. The van der Waals surface area contributed by atoms with Crippen molar-refractivity contribution in [1.82, 2.24) is 10.3 Å². The molecule has 1 heterocycles. The van der Waals surface area contributed by atoms with E-state index in [-0.39, 0.29) is 0 Å². The molecule has 2 nitrogen and oxygen atoms in total. The lowest BCUT2D eigenvalue weighted by Crippen LogP contribution is -2.18. The van der Waals surface area contributed by atoms with Gasteiger partial charge in [0.1, 0.15) is 5.01 Å². The summed E-state index contributed by atoms with van der Waals surface area (Å²) in [5, 5.41) is 4.53. The Kier molecular flexibility index (Phi) is 5.13. The van der Waals surface area contributed by atoms with Crippen LogP contribution in [-0.2, 0) is 6.54 Å². The maximum Gasteiger partial charge on any atom is 0.123 e. The van der Waals surface area contributed by atoms with E-state index in [9.17, 15) is 0 Å². The van der Waals surface area contributed by atoms with Gasteiger partial charge in [-0.05, 0) is 31.0 Å². The second-order valence-electron chi connectivity index (χ2n) is 5.12. The Morgan fingerprint density at radius 2 is 2.16 bits per heavy atom. The molecule has 2 aromatic rings. The minimum absolute atomic E-state index is 0.681. The first-order chi connectivity index (χ1) is 9.06. The normalized spacial score (nSPS) is 11.2. The van der Waals surface area contributed by atoms with Crippen LogP contribution in [0.4, 0.5) is 0 Å². The highest BCUT2D eigenvalue weighted by Gasteiger charge is 2.06. The quantitative estimate of drug-likeness (QED) is 0.859. The van der Waals surface area contributed by atoms with Crippen molar-refractivity contribution >= 4 is 27.3 Å². The molecule has 0 atom stereocenters. The predicted molar refractivity (Wildman–Crippen MR) is 86.5 cm³/mol. The molecular weight excluding hydrogens is 320 g/mol.